The zero-order chi connectivity index (χ0) is 14.8. The van der Waals surface area contributed by atoms with Gasteiger partial charge in [0.1, 0.15) is 18.1 Å². The van der Waals surface area contributed by atoms with E-state index in [2.05, 4.69) is 9.97 Å². The van der Waals surface area contributed by atoms with E-state index in [0.717, 1.165) is 12.8 Å². The van der Waals surface area contributed by atoms with Crippen LogP contribution in [0.3, 0.4) is 0 Å². The van der Waals surface area contributed by atoms with Gasteiger partial charge in [-0.2, -0.15) is 0 Å². The van der Waals surface area contributed by atoms with Crippen molar-refractivity contribution in [2.24, 2.45) is 0 Å². The Morgan fingerprint density at radius 3 is 2.67 bits per heavy atom. The number of rotatable bonds is 4. The Morgan fingerprint density at radius 1 is 1.29 bits per heavy atom. The molecule has 0 aliphatic heterocycles. The van der Waals surface area contributed by atoms with E-state index in [9.17, 15) is 9.90 Å². The summed E-state index contributed by atoms with van der Waals surface area (Å²) in [6.07, 6.45) is 4.92. The first-order valence-corrected chi connectivity index (χ1v) is 7.34. The van der Waals surface area contributed by atoms with E-state index < -0.39 is 12.4 Å². The molecule has 5 heteroatoms. The summed E-state index contributed by atoms with van der Waals surface area (Å²) in [4.78, 5) is 20.8. The van der Waals surface area contributed by atoms with E-state index in [1.807, 2.05) is 18.2 Å². The lowest BCUT2D eigenvalue weighted by atomic mass is 9.84. The van der Waals surface area contributed by atoms with E-state index in [4.69, 9.17) is 11.6 Å². The molecule has 0 amide bonds. The molecular formula is C16H15ClN2O2. The highest BCUT2D eigenvalue weighted by molar-refractivity contribution is 6.33. The molecule has 1 aromatic carbocycles. The first-order chi connectivity index (χ1) is 10.2. The number of halogens is 1. The van der Waals surface area contributed by atoms with Gasteiger partial charge in [0.15, 0.2) is 0 Å². The van der Waals surface area contributed by atoms with Crippen LogP contribution in [0.5, 0.6) is 0 Å². The van der Waals surface area contributed by atoms with Gasteiger partial charge in [-0.05, 0) is 18.9 Å². The largest absolute Gasteiger partial charge is 0.388 e. The van der Waals surface area contributed by atoms with Gasteiger partial charge in [0.05, 0.1) is 0 Å². The maximum Gasteiger partial charge on any atom is 0.207 e. The number of nitrogens with zero attached hydrogens (tertiary/aromatic N) is 2. The van der Waals surface area contributed by atoms with Crippen LogP contribution >= 0.6 is 11.6 Å². The van der Waals surface area contributed by atoms with Gasteiger partial charge in [-0.15, -0.1) is 0 Å². The van der Waals surface area contributed by atoms with Gasteiger partial charge in [0, 0.05) is 28.3 Å². The molecule has 1 fully saturated rings. The van der Waals surface area contributed by atoms with Crippen LogP contribution in [0, 0.1) is 0 Å². The number of Topliss-reactive ketones (excluding diaryl/α,β-unsaturated/α-hetero) is 1. The molecule has 0 radical (unpaired) electrons. The zero-order valence-corrected chi connectivity index (χ0v) is 12.2. The van der Waals surface area contributed by atoms with Gasteiger partial charge in [-0.3, -0.25) is 4.79 Å². The lowest BCUT2D eigenvalue weighted by Crippen LogP contribution is -2.17. The Balaban J connectivity index is 2.11. The molecule has 1 N–H and O–H groups in total. The predicted octanol–water partition coefficient (Wildman–Crippen LogP) is 3.24. The van der Waals surface area contributed by atoms with Gasteiger partial charge < -0.3 is 5.11 Å². The lowest BCUT2D eigenvalue weighted by Gasteiger charge is -2.24. The van der Waals surface area contributed by atoms with E-state index in [-0.39, 0.29) is 5.69 Å². The minimum atomic E-state index is -0.571. The number of ketones is 1. The summed E-state index contributed by atoms with van der Waals surface area (Å²) < 4.78 is 0. The SMILES string of the molecule is O=C(CO)c1nc(C2CCC2)ncc1-c1ccccc1Cl. The van der Waals surface area contributed by atoms with Crippen LogP contribution in [0.1, 0.15) is 41.5 Å². The second-order valence-corrected chi connectivity index (χ2v) is 5.59. The molecule has 108 valence electrons. The van der Waals surface area contributed by atoms with Crippen LogP contribution in [0.4, 0.5) is 0 Å². The van der Waals surface area contributed by atoms with Crippen LogP contribution in [-0.4, -0.2) is 27.5 Å². The van der Waals surface area contributed by atoms with Crippen LogP contribution in [0.25, 0.3) is 11.1 Å². The van der Waals surface area contributed by atoms with E-state index in [0.29, 0.717) is 27.9 Å². The lowest BCUT2D eigenvalue weighted by molar-refractivity contribution is 0.0898. The van der Waals surface area contributed by atoms with Gasteiger partial charge in [0.2, 0.25) is 5.78 Å². The summed E-state index contributed by atoms with van der Waals surface area (Å²) in [7, 11) is 0. The first kappa shape index (κ1) is 14.2. The smallest absolute Gasteiger partial charge is 0.207 e. The molecule has 0 unspecified atom stereocenters. The summed E-state index contributed by atoms with van der Waals surface area (Å²) in [6, 6.07) is 7.24. The third-order valence-corrected chi connectivity index (χ3v) is 4.18. The summed E-state index contributed by atoms with van der Waals surface area (Å²) in [5.41, 5.74) is 1.53. The van der Waals surface area contributed by atoms with Gasteiger partial charge in [-0.25, -0.2) is 9.97 Å². The number of carbonyl (C=O) groups is 1. The monoisotopic (exact) mass is 302 g/mol. The number of hydrogen-bond acceptors (Lipinski definition) is 4. The molecule has 1 saturated carbocycles. The molecule has 3 rings (SSSR count). The maximum absolute atomic E-state index is 12.0. The van der Waals surface area contributed by atoms with Gasteiger partial charge >= 0.3 is 0 Å². The summed E-state index contributed by atoms with van der Waals surface area (Å²) in [5.74, 6) is 0.609. The van der Waals surface area contributed by atoms with Crippen LogP contribution in [-0.2, 0) is 0 Å². The van der Waals surface area contributed by atoms with E-state index >= 15 is 0 Å². The Bertz CT molecular complexity index is 684. The van der Waals surface area contributed by atoms with Crippen molar-refractivity contribution in [2.45, 2.75) is 25.2 Å². The maximum atomic E-state index is 12.0. The van der Waals surface area contributed by atoms with Gasteiger partial charge in [-0.1, -0.05) is 36.2 Å². The molecule has 0 atom stereocenters. The van der Waals surface area contributed by atoms with E-state index in [1.165, 1.54) is 6.42 Å². The molecule has 0 saturated heterocycles. The summed E-state index contributed by atoms with van der Waals surface area (Å²) in [6.45, 7) is -0.571. The third-order valence-electron chi connectivity index (χ3n) is 3.85. The number of aliphatic hydroxyl groups is 1. The molecule has 0 bridgehead atoms. The molecule has 0 spiro atoms. The quantitative estimate of drug-likeness (QED) is 0.881. The number of aliphatic hydroxyl groups excluding tert-OH is 1. The van der Waals surface area contributed by atoms with Crippen LogP contribution < -0.4 is 0 Å². The zero-order valence-electron chi connectivity index (χ0n) is 11.4. The Hall–Kier alpha value is -1.78. The Labute approximate surface area is 127 Å². The molecule has 21 heavy (non-hydrogen) atoms. The third kappa shape index (κ3) is 2.69. The normalized spacial score (nSPS) is 14.8. The molecule has 2 aromatic rings. The molecular weight excluding hydrogens is 288 g/mol. The summed E-state index contributed by atoms with van der Waals surface area (Å²) in [5, 5.41) is 9.72. The second-order valence-electron chi connectivity index (χ2n) is 5.18. The molecule has 4 nitrogen and oxygen atoms in total. The number of aromatic nitrogens is 2. The predicted molar refractivity (Wildman–Crippen MR) is 80.5 cm³/mol. The topological polar surface area (TPSA) is 63.1 Å². The van der Waals surface area contributed by atoms with E-state index in [1.54, 1.807) is 12.3 Å². The van der Waals surface area contributed by atoms with Crippen molar-refractivity contribution < 1.29 is 9.90 Å². The highest BCUT2D eigenvalue weighted by Crippen LogP contribution is 2.36. The molecule has 1 aliphatic carbocycles. The number of benzene rings is 1. The fourth-order valence-corrected chi connectivity index (χ4v) is 2.66. The second kappa shape index (κ2) is 5.92. The van der Waals surface area contributed by atoms with Crippen LogP contribution in [0.2, 0.25) is 5.02 Å². The van der Waals surface area contributed by atoms with Crippen LogP contribution in [0.15, 0.2) is 30.5 Å². The van der Waals surface area contributed by atoms with Crippen molar-refractivity contribution in [2.75, 3.05) is 6.61 Å². The minimum Gasteiger partial charge on any atom is -0.388 e. The molecule has 1 aromatic heterocycles. The number of carbonyl (C=O) groups excluding carboxylic acids is 1. The van der Waals surface area contributed by atoms with Gasteiger partial charge in [0.25, 0.3) is 0 Å². The highest BCUT2D eigenvalue weighted by atomic mass is 35.5. The standard InChI is InChI=1S/C16H15ClN2O2/c17-13-7-2-1-6-11(13)12-8-18-16(10-4-3-5-10)19-15(12)14(21)9-20/h1-2,6-8,10,20H,3-5,9H2. The van der Waals surface area contributed by atoms with Crippen molar-refractivity contribution in [3.05, 3.63) is 47.0 Å². The van der Waals surface area contributed by atoms with Crippen molar-refractivity contribution >= 4 is 17.4 Å². The average Bonchev–Trinajstić information content (AvgIpc) is 2.45. The van der Waals surface area contributed by atoms with Crippen molar-refractivity contribution in [1.29, 1.82) is 0 Å². The number of hydrogen-bond donors (Lipinski definition) is 1. The Kier molecular flexibility index (Phi) is 3.99. The minimum absolute atomic E-state index is 0.252. The average molecular weight is 303 g/mol. The highest BCUT2D eigenvalue weighted by Gasteiger charge is 2.25. The summed E-state index contributed by atoms with van der Waals surface area (Å²) >= 11 is 6.19. The van der Waals surface area contributed by atoms with Crippen molar-refractivity contribution in [1.82, 2.24) is 9.97 Å². The fourth-order valence-electron chi connectivity index (χ4n) is 2.42. The molecule has 1 aliphatic rings. The molecule has 1 heterocycles. The Morgan fingerprint density at radius 2 is 2.05 bits per heavy atom. The van der Waals surface area contributed by atoms with Crippen molar-refractivity contribution in [3.8, 4) is 11.1 Å². The fraction of sp³-hybridized carbons (Fsp3) is 0.312. The van der Waals surface area contributed by atoms with Crippen molar-refractivity contribution in [3.63, 3.8) is 0 Å². The first-order valence-electron chi connectivity index (χ1n) is 6.96.